The second-order valence-corrected chi connectivity index (χ2v) is 5.38. The fourth-order valence-electron chi connectivity index (χ4n) is 1.92. The van der Waals surface area contributed by atoms with Crippen LogP contribution in [0.25, 0.3) is 5.57 Å². The number of carboxylic acid groups (broad SMARTS) is 1. The minimum atomic E-state index is -1.15. The van der Waals surface area contributed by atoms with Crippen molar-refractivity contribution in [2.45, 2.75) is 6.92 Å². The third-order valence-corrected chi connectivity index (χ3v) is 3.40. The van der Waals surface area contributed by atoms with Crippen molar-refractivity contribution >= 4 is 34.7 Å². The molecule has 120 valence electrons. The number of carboxylic acids is 1. The number of halogens is 2. The molecular weight excluding hydrogens is 341 g/mol. The number of aliphatic carboxylic acids is 1. The largest absolute Gasteiger partial charge is 0.500 e. The molecule has 7 heteroatoms. The first-order valence-electron chi connectivity index (χ1n) is 6.50. The highest BCUT2D eigenvalue weighted by molar-refractivity contribution is 6.34. The highest BCUT2D eigenvalue weighted by Crippen LogP contribution is 2.32. The number of allylic oxidation sites excluding steroid dienone is 1. The van der Waals surface area contributed by atoms with Gasteiger partial charge in [0.1, 0.15) is 17.1 Å². The van der Waals surface area contributed by atoms with Crippen molar-refractivity contribution in [1.82, 2.24) is 4.98 Å². The summed E-state index contributed by atoms with van der Waals surface area (Å²) in [6.07, 6.45) is 1.49. The average molecular weight is 354 g/mol. The quantitative estimate of drug-likeness (QED) is 0.626. The van der Waals surface area contributed by atoms with Crippen LogP contribution in [0.15, 0.2) is 42.3 Å². The Morgan fingerprint density at radius 1 is 1.22 bits per heavy atom. The maximum atomic E-state index is 11.5. The van der Waals surface area contributed by atoms with Crippen LogP contribution in [0.1, 0.15) is 12.5 Å². The van der Waals surface area contributed by atoms with Gasteiger partial charge in [0, 0.05) is 16.2 Å². The van der Waals surface area contributed by atoms with Gasteiger partial charge in [-0.1, -0.05) is 23.2 Å². The van der Waals surface area contributed by atoms with Gasteiger partial charge in [-0.15, -0.1) is 0 Å². The Labute approximate surface area is 143 Å². The van der Waals surface area contributed by atoms with E-state index in [-0.39, 0.29) is 22.8 Å². The standard InChI is InChI=1S/C16H13Cl2NO4/c1-9(22-2)14(16(20)21)13-4-3-5-19-15(13)23-12-7-10(17)6-11(18)8-12/h3-8H,1-2H3,(H,20,21). The summed E-state index contributed by atoms with van der Waals surface area (Å²) >= 11 is 11.9. The molecule has 0 spiro atoms. The van der Waals surface area contributed by atoms with Crippen molar-refractivity contribution in [3.05, 3.63) is 57.9 Å². The summed E-state index contributed by atoms with van der Waals surface area (Å²) < 4.78 is 10.7. The van der Waals surface area contributed by atoms with Crippen molar-refractivity contribution in [2.24, 2.45) is 0 Å². The number of aromatic nitrogens is 1. The number of hydrogen-bond donors (Lipinski definition) is 1. The van der Waals surface area contributed by atoms with Crippen molar-refractivity contribution in [2.75, 3.05) is 7.11 Å². The predicted molar refractivity (Wildman–Crippen MR) is 88.0 cm³/mol. The van der Waals surface area contributed by atoms with Gasteiger partial charge in [0.25, 0.3) is 0 Å². The van der Waals surface area contributed by atoms with Crippen LogP contribution in [0, 0.1) is 0 Å². The Balaban J connectivity index is 2.51. The van der Waals surface area contributed by atoms with Crippen LogP contribution >= 0.6 is 23.2 Å². The number of methoxy groups -OCH3 is 1. The van der Waals surface area contributed by atoms with Crippen LogP contribution in [-0.4, -0.2) is 23.2 Å². The molecule has 1 heterocycles. The zero-order valence-corrected chi connectivity index (χ0v) is 13.9. The Kier molecular flexibility index (Phi) is 5.47. The maximum absolute atomic E-state index is 11.5. The minimum Gasteiger partial charge on any atom is -0.500 e. The highest BCUT2D eigenvalue weighted by atomic mass is 35.5. The first-order valence-corrected chi connectivity index (χ1v) is 7.25. The van der Waals surface area contributed by atoms with E-state index in [1.807, 2.05) is 0 Å². The van der Waals surface area contributed by atoms with Gasteiger partial charge < -0.3 is 14.6 Å². The van der Waals surface area contributed by atoms with E-state index in [0.717, 1.165) is 0 Å². The molecule has 1 N–H and O–H groups in total. The third-order valence-electron chi connectivity index (χ3n) is 2.96. The molecule has 1 aromatic carbocycles. The molecule has 0 amide bonds. The molecule has 0 saturated carbocycles. The SMILES string of the molecule is COC(C)=C(C(=O)O)c1cccnc1Oc1cc(Cl)cc(Cl)c1. The number of nitrogens with zero attached hydrogens (tertiary/aromatic N) is 1. The Hall–Kier alpha value is -2.24. The molecule has 2 aromatic rings. The van der Waals surface area contributed by atoms with Crippen LogP contribution in [0.5, 0.6) is 11.6 Å². The van der Waals surface area contributed by atoms with Crippen LogP contribution < -0.4 is 4.74 Å². The molecule has 0 atom stereocenters. The first-order chi connectivity index (χ1) is 10.9. The summed E-state index contributed by atoms with van der Waals surface area (Å²) in [5, 5.41) is 10.2. The first kappa shape index (κ1) is 17.1. The summed E-state index contributed by atoms with van der Waals surface area (Å²) in [4.78, 5) is 15.6. The van der Waals surface area contributed by atoms with E-state index in [2.05, 4.69) is 4.98 Å². The lowest BCUT2D eigenvalue weighted by atomic mass is 10.1. The molecule has 2 rings (SSSR count). The zero-order chi connectivity index (χ0) is 17.0. The molecule has 0 unspecified atom stereocenters. The van der Waals surface area contributed by atoms with E-state index < -0.39 is 5.97 Å². The maximum Gasteiger partial charge on any atom is 0.339 e. The molecule has 0 bridgehead atoms. The smallest absolute Gasteiger partial charge is 0.339 e. The van der Waals surface area contributed by atoms with Gasteiger partial charge in [-0.2, -0.15) is 0 Å². The van der Waals surface area contributed by atoms with E-state index in [1.165, 1.54) is 13.3 Å². The minimum absolute atomic E-state index is 0.0382. The predicted octanol–water partition coefficient (Wildman–Crippen LogP) is 4.64. The average Bonchev–Trinajstić information content (AvgIpc) is 2.47. The number of hydrogen-bond acceptors (Lipinski definition) is 4. The van der Waals surface area contributed by atoms with Gasteiger partial charge in [-0.25, -0.2) is 9.78 Å². The second kappa shape index (κ2) is 7.35. The van der Waals surface area contributed by atoms with Crippen LogP contribution in [-0.2, 0) is 9.53 Å². The van der Waals surface area contributed by atoms with E-state index in [4.69, 9.17) is 32.7 Å². The van der Waals surface area contributed by atoms with Gasteiger partial charge in [0.15, 0.2) is 0 Å². The van der Waals surface area contributed by atoms with Crippen molar-refractivity contribution < 1.29 is 19.4 Å². The molecule has 0 aliphatic heterocycles. The summed E-state index contributed by atoms with van der Waals surface area (Å²) in [7, 11) is 1.39. The fourth-order valence-corrected chi connectivity index (χ4v) is 2.43. The summed E-state index contributed by atoms with van der Waals surface area (Å²) in [5.74, 6) is -0.451. The van der Waals surface area contributed by atoms with Crippen LogP contribution in [0.3, 0.4) is 0 Å². The zero-order valence-electron chi connectivity index (χ0n) is 12.3. The molecule has 5 nitrogen and oxygen atoms in total. The summed E-state index contributed by atoms with van der Waals surface area (Å²) in [6.45, 7) is 1.55. The topological polar surface area (TPSA) is 68.7 Å². The van der Waals surface area contributed by atoms with Gasteiger partial charge >= 0.3 is 5.97 Å². The van der Waals surface area contributed by atoms with Crippen molar-refractivity contribution in [1.29, 1.82) is 0 Å². The van der Waals surface area contributed by atoms with Crippen LogP contribution in [0.2, 0.25) is 10.0 Å². The number of pyridine rings is 1. The van der Waals surface area contributed by atoms with E-state index in [9.17, 15) is 9.90 Å². The summed E-state index contributed by atoms with van der Waals surface area (Å²) in [5.41, 5.74) is 0.249. The van der Waals surface area contributed by atoms with Gasteiger partial charge in [-0.05, 0) is 37.3 Å². The van der Waals surface area contributed by atoms with Gasteiger partial charge in [0.05, 0.1) is 12.7 Å². The number of carbonyl (C=O) groups is 1. The molecule has 0 aliphatic carbocycles. The Morgan fingerprint density at radius 2 is 1.87 bits per heavy atom. The monoisotopic (exact) mass is 353 g/mol. The molecule has 0 radical (unpaired) electrons. The van der Waals surface area contributed by atoms with Gasteiger partial charge in [0.2, 0.25) is 5.88 Å². The lowest BCUT2D eigenvalue weighted by Gasteiger charge is -2.12. The molecule has 0 saturated heterocycles. The highest BCUT2D eigenvalue weighted by Gasteiger charge is 2.20. The van der Waals surface area contributed by atoms with Gasteiger partial charge in [-0.3, -0.25) is 0 Å². The molecule has 23 heavy (non-hydrogen) atoms. The third kappa shape index (κ3) is 4.15. The van der Waals surface area contributed by atoms with Crippen molar-refractivity contribution in [3.8, 4) is 11.6 Å². The van der Waals surface area contributed by atoms with E-state index in [1.54, 1.807) is 37.3 Å². The fraction of sp³-hybridized carbons (Fsp3) is 0.125. The lowest BCUT2D eigenvalue weighted by molar-refractivity contribution is -0.130. The Bertz CT molecular complexity index is 754. The lowest BCUT2D eigenvalue weighted by Crippen LogP contribution is -2.06. The normalized spacial score (nSPS) is 11.7. The number of ether oxygens (including phenoxy) is 2. The molecule has 0 aliphatic rings. The Morgan fingerprint density at radius 3 is 2.43 bits per heavy atom. The molecule has 1 aromatic heterocycles. The van der Waals surface area contributed by atoms with Crippen molar-refractivity contribution in [3.63, 3.8) is 0 Å². The number of benzene rings is 1. The van der Waals surface area contributed by atoms with E-state index in [0.29, 0.717) is 15.8 Å². The van der Waals surface area contributed by atoms with E-state index >= 15 is 0 Å². The summed E-state index contributed by atoms with van der Waals surface area (Å²) in [6, 6.07) is 7.87. The second-order valence-electron chi connectivity index (χ2n) is 4.50. The van der Waals surface area contributed by atoms with Crippen LogP contribution in [0.4, 0.5) is 0 Å². The molecule has 0 fully saturated rings. The number of rotatable bonds is 5. The molecular formula is C16H13Cl2NO4.